The minimum Gasteiger partial charge on any atom is -0.478 e. The molecule has 6 heteroatoms. The second-order valence-corrected chi connectivity index (χ2v) is 3.07. The highest BCUT2D eigenvalue weighted by Crippen LogP contribution is 2.14. The lowest BCUT2D eigenvalue weighted by molar-refractivity contribution is -0.471. The van der Waals surface area contributed by atoms with Crippen LogP contribution >= 0.6 is 0 Å². The van der Waals surface area contributed by atoms with Gasteiger partial charge in [0.05, 0.1) is 11.1 Å². The van der Waals surface area contributed by atoms with Gasteiger partial charge in [0.25, 0.3) is 6.29 Å². The van der Waals surface area contributed by atoms with Crippen molar-refractivity contribution in [3.63, 3.8) is 0 Å². The van der Waals surface area contributed by atoms with Gasteiger partial charge in [0.1, 0.15) is 6.61 Å². The van der Waals surface area contributed by atoms with Crippen molar-refractivity contribution in [3.8, 4) is 0 Å². The van der Waals surface area contributed by atoms with Crippen molar-refractivity contribution < 1.29 is 29.2 Å². The summed E-state index contributed by atoms with van der Waals surface area (Å²) in [6.07, 6.45) is -0.755. The second-order valence-electron chi connectivity index (χ2n) is 3.07. The maximum absolute atomic E-state index is 11.6. The maximum Gasteiger partial charge on any atom is 0.341 e. The van der Waals surface area contributed by atoms with Crippen molar-refractivity contribution in [1.29, 1.82) is 0 Å². The lowest BCUT2D eigenvalue weighted by atomic mass is 10.1. The molecular weight excluding hydrogens is 216 g/mol. The zero-order chi connectivity index (χ0) is 11.5. The summed E-state index contributed by atoms with van der Waals surface area (Å²) in [6, 6.07) is 5.80. The fourth-order valence-corrected chi connectivity index (χ4v) is 1.21. The fraction of sp³-hybridized carbons (Fsp3) is 0.200. The van der Waals surface area contributed by atoms with Gasteiger partial charge in [0.2, 0.25) is 0 Å². The molecule has 1 aliphatic heterocycles. The predicted molar refractivity (Wildman–Crippen MR) is 49.6 cm³/mol. The van der Waals surface area contributed by atoms with Gasteiger partial charge in [0, 0.05) is 0 Å². The second kappa shape index (κ2) is 4.30. The number of aromatic carboxylic acids is 1. The molecular formula is C10H8O6. The molecule has 0 spiro atoms. The average molecular weight is 224 g/mol. The lowest BCUT2D eigenvalue weighted by Crippen LogP contribution is -2.35. The van der Waals surface area contributed by atoms with Gasteiger partial charge in [-0.3, -0.25) is 0 Å². The molecule has 6 nitrogen and oxygen atoms in total. The molecule has 84 valence electrons. The smallest absolute Gasteiger partial charge is 0.341 e. The molecule has 1 heterocycles. The predicted octanol–water partition coefficient (Wildman–Crippen LogP) is 0.829. The first-order chi connectivity index (χ1) is 7.68. The number of carbonyl (C=O) groups is 2. The minimum absolute atomic E-state index is 0.00880. The van der Waals surface area contributed by atoms with Crippen molar-refractivity contribution in [2.75, 3.05) is 6.61 Å². The van der Waals surface area contributed by atoms with Gasteiger partial charge < -0.3 is 9.84 Å². The van der Waals surface area contributed by atoms with Crippen LogP contribution in [-0.4, -0.2) is 29.9 Å². The summed E-state index contributed by atoms with van der Waals surface area (Å²) >= 11 is 0. The molecule has 1 atom stereocenters. The molecule has 0 amide bonds. The van der Waals surface area contributed by atoms with Crippen LogP contribution in [0.1, 0.15) is 20.7 Å². The SMILES string of the molecule is O=C(O)c1ccccc1C(=O)OC1COO1. The first-order valence-electron chi connectivity index (χ1n) is 4.50. The van der Waals surface area contributed by atoms with Crippen LogP contribution in [0, 0.1) is 0 Å². The Morgan fingerprint density at radius 1 is 1.31 bits per heavy atom. The Morgan fingerprint density at radius 2 is 1.94 bits per heavy atom. The molecule has 0 radical (unpaired) electrons. The van der Waals surface area contributed by atoms with E-state index in [9.17, 15) is 9.59 Å². The van der Waals surface area contributed by atoms with Gasteiger partial charge in [-0.25, -0.2) is 14.5 Å². The highest BCUT2D eigenvalue weighted by atomic mass is 17.3. The van der Waals surface area contributed by atoms with E-state index < -0.39 is 18.2 Å². The van der Waals surface area contributed by atoms with Gasteiger partial charge in [-0.05, 0) is 12.1 Å². The Hall–Kier alpha value is -1.92. The van der Waals surface area contributed by atoms with E-state index in [1.807, 2.05) is 0 Å². The van der Waals surface area contributed by atoms with Crippen molar-refractivity contribution in [3.05, 3.63) is 35.4 Å². The molecule has 0 aliphatic carbocycles. The number of benzene rings is 1. The third kappa shape index (κ3) is 2.02. The molecule has 16 heavy (non-hydrogen) atoms. The minimum atomic E-state index is -1.18. The van der Waals surface area contributed by atoms with Crippen molar-refractivity contribution in [2.24, 2.45) is 0 Å². The number of ether oxygens (including phenoxy) is 1. The fourth-order valence-electron chi connectivity index (χ4n) is 1.21. The Kier molecular flexibility index (Phi) is 2.84. The quantitative estimate of drug-likeness (QED) is 0.604. The molecule has 0 bridgehead atoms. The van der Waals surface area contributed by atoms with Crippen LogP contribution in [0.3, 0.4) is 0 Å². The number of esters is 1. The van der Waals surface area contributed by atoms with E-state index in [4.69, 9.17) is 9.84 Å². The molecule has 1 aromatic rings. The lowest BCUT2D eigenvalue weighted by Gasteiger charge is -2.23. The molecule has 1 unspecified atom stereocenters. The standard InChI is InChI=1S/C10H8O6/c11-9(12)6-3-1-2-4-7(6)10(13)15-8-5-14-16-8/h1-4,8H,5H2,(H,11,12). The van der Waals surface area contributed by atoms with Crippen molar-refractivity contribution in [1.82, 2.24) is 0 Å². The van der Waals surface area contributed by atoms with Crippen LogP contribution in [0.2, 0.25) is 0 Å². The van der Waals surface area contributed by atoms with E-state index >= 15 is 0 Å². The van der Waals surface area contributed by atoms with Crippen LogP contribution in [0.25, 0.3) is 0 Å². The molecule has 1 N–H and O–H groups in total. The Balaban J connectivity index is 2.18. The molecule has 1 saturated heterocycles. The highest BCUT2D eigenvalue weighted by Gasteiger charge is 2.27. The van der Waals surface area contributed by atoms with Crippen molar-refractivity contribution in [2.45, 2.75) is 6.29 Å². The highest BCUT2D eigenvalue weighted by molar-refractivity contribution is 6.02. The molecule has 1 aromatic carbocycles. The summed E-state index contributed by atoms with van der Waals surface area (Å²) in [5.74, 6) is -1.93. The topological polar surface area (TPSA) is 82.1 Å². The summed E-state index contributed by atoms with van der Waals surface area (Å²) in [7, 11) is 0. The first-order valence-corrected chi connectivity index (χ1v) is 4.50. The Morgan fingerprint density at radius 3 is 2.44 bits per heavy atom. The number of rotatable bonds is 3. The summed E-state index contributed by atoms with van der Waals surface area (Å²) in [5, 5.41) is 8.86. The van der Waals surface area contributed by atoms with Crippen molar-refractivity contribution >= 4 is 11.9 Å². The molecule has 1 aliphatic rings. The van der Waals surface area contributed by atoms with Gasteiger partial charge in [-0.1, -0.05) is 12.1 Å². The molecule has 0 aromatic heterocycles. The number of hydrogen-bond donors (Lipinski definition) is 1. The van der Waals surface area contributed by atoms with E-state index in [1.54, 1.807) is 6.07 Å². The van der Waals surface area contributed by atoms with E-state index in [0.717, 1.165) is 0 Å². The van der Waals surface area contributed by atoms with E-state index in [0.29, 0.717) is 0 Å². The van der Waals surface area contributed by atoms with Gasteiger partial charge >= 0.3 is 11.9 Å². The third-order valence-electron chi connectivity index (χ3n) is 2.00. The van der Waals surface area contributed by atoms with E-state index in [1.165, 1.54) is 18.2 Å². The van der Waals surface area contributed by atoms with Crippen LogP contribution in [0.15, 0.2) is 24.3 Å². The largest absolute Gasteiger partial charge is 0.478 e. The molecule has 2 rings (SSSR count). The van der Waals surface area contributed by atoms with Gasteiger partial charge in [0.15, 0.2) is 0 Å². The third-order valence-corrected chi connectivity index (χ3v) is 2.00. The zero-order valence-corrected chi connectivity index (χ0v) is 8.08. The Labute approximate surface area is 90.3 Å². The number of hydrogen-bond acceptors (Lipinski definition) is 5. The van der Waals surface area contributed by atoms with Crippen LogP contribution in [-0.2, 0) is 14.5 Å². The summed E-state index contributed by atoms with van der Waals surface area (Å²) in [6.45, 7) is 0.154. The number of carboxylic acid groups (broad SMARTS) is 1. The molecule has 1 fully saturated rings. The Bertz CT molecular complexity index is 423. The summed E-state index contributed by atoms with van der Waals surface area (Å²) < 4.78 is 4.81. The monoisotopic (exact) mass is 224 g/mol. The number of carboxylic acids is 1. The van der Waals surface area contributed by atoms with E-state index in [2.05, 4.69) is 9.78 Å². The summed E-state index contributed by atoms with van der Waals surface area (Å²) in [5.41, 5.74) is -0.113. The summed E-state index contributed by atoms with van der Waals surface area (Å²) in [4.78, 5) is 31.2. The molecule has 0 saturated carbocycles. The maximum atomic E-state index is 11.6. The van der Waals surface area contributed by atoms with Crippen LogP contribution < -0.4 is 0 Å². The van der Waals surface area contributed by atoms with Crippen LogP contribution in [0.5, 0.6) is 0 Å². The van der Waals surface area contributed by atoms with Gasteiger partial charge in [-0.2, -0.15) is 4.89 Å². The van der Waals surface area contributed by atoms with E-state index in [-0.39, 0.29) is 17.7 Å². The van der Waals surface area contributed by atoms with Gasteiger partial charge in [-0.15, -0.1) is 0 Å². The first kappa shape index (κ1) is 10.6. The van der Waals surface area contributed by atoms with Crippen LogP contribution in [0.4, 0.5) is 0 Å². The zero-order valence-electron chi connectivity index (χ0n) is 8.08. The number of carbonyl (C=O) groups excluding carboxylic acids is 1. The normalized spacial score (nSPS) is 18.6. The average Bonchev–Trinajstić information content (AvgIpc) is 2.23.